The topological polar surface area (TPSA) is 116 Å². The summed E-state index contributed by atoms with van der Waals surface area (Å²) >= 11 is 0. The summed E-state index contributed by atoms with van der Waals surface area (Å²) in [5.74, 6) is -1.00. The van der Waals surface area contributed by atoms with Crippen LogP contribution in [0.15, 0.2) is 23.8 Å². The third kappa shape index (κ3) is 4.74. The second-order valence-corrected chi connectivity index (χ2v) is 12.0. The van der Waals surface area contributed by atoms with Crippen LogP contribution in [0.4, 0.5) is 4.79 Å². The summed E-state index contributed by atoms with van der Waals surface area (Å²) in [6.45, 7) is 7.57. The summed E-state index contributed by atoms with van der Waals surface area (Å²) in [6.07, 6.45) is 8.57. The first kappa shape index (κ1) is 28.5. The highest BCUT2D eigenvalue weighted by Gasteiger charge is 2.70. The Kier molecular flexibility index (Phi) is 8.22. The molecule has 7 atom stereocenters. The van der Waals surface area contributed by atoms with Crippen LogP contribution in [0.25, 0.3) is 0 Å². The molecule has 0 aromatic rings. The van der Waals surface area contributed by atoms with Crippen molar-refractivity contribution in [3.8, 4) is 0 Å². The maximum absolute atomic E-state index is 13.8. The number of hydrogen-bond acceptors (Lipinski definition) is 8. The minimum atomic E-state index is -1.56. The zero-order valence-corrected chi connectivity index (χ0v) is 23.1. The van der Waals surface area contributed by atoms with Gasteiger partial charge in [-0.2, -0.15) is 0 Å². The number of fused-ring (bicyclic) bond motifs is 5. The Morgan fingerprint density at radius 1 is 1.11 bits per heavy atom. The van der Waals surface area contributed by atoms with E-state index < -0.39 is 47.0 Å². The lowest BCUT2D eigenvalue weighted by Gasteiger charge is -2.59. The molecule has 0 spiro atoms. The molecule has 4 aliphatic rings. The van der Waals surface area contributed by atoms with Crippen molar-refractivity contribution in [3.05, 3.63) is 23.8 Å². The minimum absolute atomic E-state index is 0.000891. The lowest BCUT2D eigenvalue weighted by atomic mass is 9.46. The first-order valence-corrected chi connectivity index (χ1v) is 14.2. The van der Waals surface area contributed by atoms with Crippen LogP contribution in [0.2, 0.25) is 0 Å². The van der Waals surface area contributed by atoms with E-state index in [2.05, 4.69) is 6.92 Å². The monoisotopic (exact) mass is 530 g/mol. The molecule has 210 valence electrons. The molecule has 0 heterocycles. The third-order valence-electron chi connectivity index (χ3n) is 9.86. The number of aliphatic hydroxyl groups excluding tert-OH is 1. The smallest absolute Gasteiger partial charge is 0.457 e. The van der Waals surface area contributed by atoms with E-state index in [1.165, 1.54) is 0 Å². The van der Waals surface area contributed by atoms with Gasteiger partial charge in [0.25, 0.3) is 0 Å². The molecule has 0 saturated heterocycles. The number of esters is 1. The van der Waals surface area contributed by atoms with Crippen LogP contribution >= 0.6 is 0 Å². The second-order valence-electron chi connectivity index (χ2n) is 12.0. The van der Waals surface area contributed by atoms with Gasteiger partial charge in [0.1, 0.15) is 0 Å². The summed E-state index contributed by atoms with van der Waals surface area (Å²) in [6, 6.07) is 0. The number of carbonyl (C=O) groups is 4. The summed E-state index contributed by atoms with van der Waals surface area (Å²) in [7, 11) is 0. The number of hydrogen-bond donors (Lipinski definition) is 1. The largest absolute Gasteiger partial charge is 0.509 e. The highest BCUT2D eigenvalue weighted by atomic mass is 16.7. The number of aliphatic hydroxyl groups is 1. The van der Waals surface area contributed by atoms with Gasteiger partial charge in [-0.15, -0.1) is 0 Å². The number of unbranched alkanes of at least 4 members (excludes halogenated alkanes) is 1. The van der Waals surface area contributed by atoms with Gasteiger partial charge in [0.05, 0.1) is 12.7 Å². The number of ether oxygens (including phenoxy) is 3. The lowest BCUT2D eigenvalue weighted by Crippen LogP contribution is -2.63. The molecular weight excluding hydrogens is 488 g/mol. The van der Waals surface area contributed by atoms with Crippen molar-refractivity contribution in [2.24, 2.45) is 28.6 Å². The molecule has 4 rings (SSSR count). The number of allylic oxidation sites excluding steroid dienone is 4. The Labute approximate surface area is 225 Å². The molecule has 1 N–H and O–H groups in total. The highest BCUT2D eigenvalue weighted by molar-refractivity contribution is 6.01. The van der Waals surface area contributed by atoms with Crippen molar-refractivity contribution in [3.63, 3.8) is 0 Å². The molecule has 38 heavy (non-hydrogen) atoms. The number of Topliss-reactive ketones (excluding diaryl/α,β-unsaturated/α-hetero) is 1. The molecular formula is C30H42O8. The lowest BCUT2D eigenvalue weighted by molar-refractivity contribution is -0.186. The first-order valence-electron chi connectivity index (χ1n) is 14.2. The van der Waals surface area contributed by atoms with Gasteiger partial charge in [-0.1, -0.05) is 45.8 Å². The molecule has 8 heteroatoms. The van der Waals surface area contributed by atoms with Gasteiger partial charge >= 0.3 is 12.1 Å². The van der Waals surface area contributed by atoms with E-state index >= 15 is 0 Å². The number of ketones is 2. The molecule has 0 radical (unpaired) electrons. The summed E-state index contributed by atoms with van der Waals surface area (Å²) in [4.78, 5) is 50.9. The fourth-order valence-corrected chi connectivity index (χ4v) is 8.01. The van der Waals surface area contributed by atoms with E-state index in [9.17, 15) is 24.3 Å². The summed E-state index contributed by atoms with van der Waals surface area (Å²) < 4.78 is 16.6. The average molecular weight is 531 g/mol. The van der Waals surface area contributed by atoms with Crippen LogP contribution in [0, 0.1) is 28.6 Å². The van der Waals surface area contributed by atoms with E-state index in [4.69, 9.17) is 14.2 Å². The fraction of sp³-hybridized carbons (Fsp3) is 0.733. The van der Waals surface area contributed by atoms with Crippen LogP contribution < -0.4 is 0 Å². The summed E-state index contributed by atoms with van der Waals surface area (Å²) in [5.41, 5.74) is -1.82. The average Bonchev–Trinajstić information content (AvgIpc) is 3.15. The van der Waals surface area contributed by atoms with Crippen molar-refractivity contribution in [2.45, 2.75) is 97.2 Å². The molecule has 0 aromatic heterocycles. The van der Waals surface area contributed by atoms with E-state index in [0.29, 0.717) is 19.3 Å². The predicted molar refractivity (Wildman–Crippen MR) is 139 cm³/mol. The van der Waals surface area contributed by atoms with Crippen LogP contribution in [0.5, 0.6) is 0 Å². The van der Waals surface area contributed by atoms with Crippen molar-refractivity contribution in [1.29, 1.82) is 0 Å². The van der Waals surface area contributed by atoms with Crippen LogP contribution in [-0.4, -0.2) is 53.7 Å². The Bertz CT molecular complexity index is 1030. The maximum atomic E-state index is 13.8. The zero-order valence-electron chi connectivity index (χ0n) is 23.1. The van der Waals surface area contributed by atoms with Gasteiger partial charge < -0.3 is 19.3 Å². The van der Waals surface area contributed by atoms with Gasteiger partial charge in [0.2, 0.25) is 5.78 Å². The molecule has 8 nitrogen and oxygen atoms in total. The SMILES string of the molecule is CCCCOC(=O)O[C@]1(C(=O)COC(=O)CCC)CC[C@H]2[C@@H]3CCC4=CC(=O)C=C[C@]4(C)[C@H]3C(O)C[C@@]21C. The van der Waals surface area contributed by atoms with Crippen molar-refractivity contribution in [1.82, 2.24) is 0 Å². The van der Waals surface area contributed by atoms with Gasteiger partial charge in [0.15, 0.2) is 18.0 Å². The fourth-order valence-electron chi connectivity index (χ4n) is 8.01. The molecule has 0 bridgehead atoms. The van der Waals surface area contributed by atoms with Gasteiger partial charge in [0, 0.05) is 23.2 Å². The molecule has 3 saturated carbocycles. The van der Waals surface area contributed by atoms with Gasteiger partial charge in [-0.3, -0.25) is 14.4 Å². The molecule has 0 amide bonds. The van der Waals surface area contributed by atoms with Crippen LogP contribution in [-0.2, 0) is 28.6 Å². The Morgan fingerprint density at radius 2 is 1.87 bits per heavy atom. The number of rotatable bonds is 9. The third-order valence-corrected chi connectivity index (χ3v) is 9.86. The Morgan fingerprint density at radius 3 is 2.58 bits per heavy atom. The van der Waals surface area contributed by atoms with Crippen molar-refractivity contribution in [2.75, 3.05) is 13.2 Å². The quantitative estimate of drug-likeness (QED) is 0.332. The van der Waals surface area contributed by atoms with Crippen LogP contribution in [0.1, 0.15) is 85.5 Å². The summed E-state index contributed by atoms with van der Waals surface area (Å²) in [5, 5.41) is 11.7. The van der Waals surface area contributed by atoms with Crippen molar-refractivity contribution >= 4 is 23.7 Å². The number of carbonyl (C=O) groups excluding carboxylic acids is 4. The molecule has 3 fully saturated rings. The first-order chi connectivity index (χ1) is 18.0. The molecule has 1 unspecified atom stereocenters. The standard InChI is InChI=1S/C30H42O8/c1-5-7-15-36-27(35)38-30(24(33)18-37-25(34)8-6-2)14-12-22-21-10-9-19-16-20(31)11-13-28(19,3)26(21)23(32)17-29(22,30)4/h11,13,16,21-23,26,32H,5-10,12,14-15,17-18H2,1-4H3/t21-,22-,23?,26+,28-,29-,30-/m0/s1. The van der Waals surface area contributed by atoms with Crippen molar-refractivity contribution < 1.29 is 38.5 Å². The molecule has 4 aliphatic carbocycles. The van der Waals surface area contributed by atoms with E-state index in [-0.39, 0.29) is 49.4 Å². The van der Waals surface area contributed by atoms with E-state index in [1.54, 1.807) is 12.2 Å². The molecule has 0 aliphatic heterocycles. The Balaban J connectivity index is 1.66. The maximum Gasteiger partial charge on any atom is 0.509 e. The Hall–Kier alpha value is -2.48. The van der Waals surface area contributed by atoms with E-state index in [1.807, 2.05) is 26.8 Å². The zero-order chi connectivity index (χ0) is 27.7. The van der Waals surface area contributed by atoms with Gasteiger partial charge in [-0.05, 0) is 68.9 Å². The highest BCUT2D eigenvalue weighted by Crippen LogP contribution is 2.68. The minimum Gasteiger partial charge on any atom is -0.457 e. The molecule has 0 aromatic carbocycles. The van der Waals surface area contributed by atoms with Crippen LogP contribution in [0.3, 0.4) is 0 Å². The second kappa shape index (κ2) is 10.9. The normalized spacial score (nSPS) is 37.4. The van der Waals surface area contributed by atoms with Gasteiger partial charge in [-0.25, -0.2) is 4.79 Å². The van der Waals surface area contributed by atoms with E-state index in [0.717, 1.165) is 24.8 Å². The predicted octanol–water partition coefficient (Wildman–Crippen LogP) is 4.87.